The van der Waals surface area contributed by atoms with Crippen LogP contribution in [0.3, 0.4) is 0 Å². The van der Waals surface area contributed by atoms with Gasteiger partial charge >= 0.3 is 6.36 Å². The average Bonchev–Trinajstić information content (AvgIpc) is 3.18. The largest absolute Gasteiger partial charge is 0.574 e. The van der Waals surface area contributed by atoms with Crippen molar-refractivity contribution in [1.29, 1.82) is 0 Å². The minimum Gasteiger partial charge on any atom is -0.384 e. The van der Waals surface area contributed by atoms with E-state index in [-0.39, 0.29) is 11.0 Å². The zero-order valence-electron chi connectivity index (χ0n) is 17.7. The number of H-pyrrole nitrogens is 1. The predicted molar refractivity (Wildman–Crippen MR) is 122 cm³/mol. The predicted octanol–water partition coefficient (Wildman–Crippen LogP) is 5.46. The van der Waals surface area contributed by atoms with Gasteiger partial charge in [-0.3, -0.25) is 4.79 Å². The summed E-state index contributed by atoms with van der Waals surface area (Å²) in [5, 5.41) is 4.32. The molecule has 0 amide bonds. The first-order chi connectivity index (χ1) is 16.4. The molecule has 5 rings (SSSR count). The Morgan fingerprint density at radius 1 is 0.706 bits per heavy atom. The van der Waals surface area contributed by atoms with Gasteiger partial charge in [-0.25, -0.2) is 4.68 Å². The van der Waals surface area contributed by atoms with Gasteiger partial charge in [-0.1, -0.05) is 91.0 Å². The highest BCUT2D eigenvalue weighted by Gasteiger charge is 2.42. The summed E-state index contributed by atoms with van der Waals surface area (Å²) in [6.07, 6.45) is -4.99. The highest BCUT2D eigenvalue weighted by Crippen LogP contribution is 2.43. The van der Waals surface area contributed by atoms with Crippen LogP contribution in [0.1, 0.15) is 16.7 Å². The second kappa shape index (κ2) is 8.22. The maximum atomic E-state index is 13.3. The standard InChI is InChI=1S/C26H18F3N3O2/c27-26(28,29)34-24-23-21(16-17-22(33)30-23)32(31-24)25(18-10-4-1-5-11-18,19-12-6-2-7-13-19)20-14-8-3-9-15-20/h1-17H,(H,30,33). The number of ether oxygens (including phenoxy) is 1. The van der Waals surface area contributed by atoms with Crippen LogP contribution in [0.4, 0.5) is 13.2 Å². The molecule has 1 N–H and O–H groups in total. The van der Waals surface area contributed by atoms with Crippen molar-refractivity contribution in [3.8, 4) is 5.88 Å². The van der Waals surface area contributed by atoms with Gasteiger partial charge in [-0.15, -0.1) is 18.3 Å². The Morgan fingerprint density at radius 3 is 1.62 bits per heavy atom. The third kappa shape index (κ3) is 3.63. The molecule has 170 valence electrons. The van der Waals surface area contributed by atoms with Crippen molar-refractivity contribution in [2.24, 2.45) is 0 Å². The van der Waals surface area contributed by atoms with Crippen molar-refractivity contribution >= 4 is 11.0 Å². The number of halogens is 3. The number of alkyl halides is 3. The molecule has 2 aromatic heterocycles. The Bertz CT molecular complexity index is 1380. The molecule has 0 radical (unpaired) electrons. The number of nitrogens with zero attached hydrogens (tertiary/aromatic N) is 2. The second-order valence-corrected chi connectivity index (χ2v) is 7.66. The lowest BCUT2D eigenvalue weighted by Crippen LogP contribution is -2.38. The van der Waals surface area contributed by atoms with Gasteiger partial charge in [0, 0.05) is 6.07 Å². The number of benzene rings is 3. The minimum absolute atomic E-state index is 0.142. The van der Waals surface area contributed by atoms with Gasteiger partial charge < -0.3 is 9.72 Å². The number of hydrogen-bond donors (Lipinski definition) is 1. The normalized spacial score (nSPS) is 12.1. The Balaban J connectivity index is 1.96. The van der Waals surface area contributed by atoms with Gasteiger partial charge in [0.25, 0.3) is 5.88 Å². The van der Waals surface area contributed by atoms with Crippen LogP contribution in [-0.4, -0.2) is 21.1 Å². The highest BCUT2D eigenvalue weighted by molar-refractivity contribution is 5.81. The van der Waals surface area contributed by atoms with Crippen LogP contribution in [0, 0.1) is 0 Å². The lowest BCUT2D eigenvalue weighted by molar-refractivity contribution is -0.275. The van der Waals surface area contributed by atoms with Gasteiger partial charge in [0.15, 0.2) is 0 Å². The summed E-state index contributed by atoms with van der Waals surface area (Å²) in [5.41, 5.74) is 0.689. The van der Waals surface area contributed by atoms with Crippen LogP contribution in [0.2, 0.25) is 0 Å². The third-order valence-electron chi connectivity index (χ3n) is 5.63. The van der Waals surface area contributed by atoms with Crippen LogP contribution < -0.4 is 10.3 Å². The molecule has 0 aliphatic rings. The van der Waals surface area contributed by atoms with Crippen molar-refractivity contribution in [2.75, 3.05) is 0 Å². The van der Waals surface area contributed by atoms with Crippen molar-refractivity contribution < 1.29 is 17.9 Å². The first-order valence-electron chi connectivity index (χ1n) is 10.4. The Morgan fingerprint density at radius 2 is 1.18 bits per heavy atom. The zero-order chi connectivity index (χ0) is 23.8. The van der Waals surface area contributed by atoms with Gasteiger partial charge in [-0.05, 0) is 22.8 Å². The molecule has 3 aromatic carbocycles. The minimum atomic E-state index is -4.99. The molecular weight excluding hydrogens is 443 g/mol. The quantitative estimate of drug-likeness (QED) is 0.354. The molecule has 0 spiro atoms. The molecule has 8 heteroatoms. The van der Waals surface area contributed by atoms with Crippen molar-refractivity contribution in [1.82, 2.24) is 14.8 Å². The van der Waals surface area contributed by atoms with Crippen LogP contribution >= 0.6 is 0 Å². The summed E-state index contributed by atoms with van der Waals surface area (Å²) in [5.74, 6) is -0.729. The molecule has 0 saturated carbocycles. The lowest BCUT2D eigenvalue weighted by Gasteiger charge is -2.36. The zero-order valence-corrected chi connectivity index (χ0v) is 17.7. The van der Waals surface area contributed by atoms with Crippen LogP contribution in [-0.2, 0) is 5.54 Å². The number of rotatable bonds is 5. The van der Waals surface area contributed by atoms with E-state index >= 15 is 0 Å². The topological polar surface area (TPSA) is 59.9 Å². The summed E-state index contributed by atoms with van der Waals surface area (Å²) < 4.78 is 45.6. The number of aromatic nitrogens is 3. The van der Waals surface area contributed by atoms with E-state index in [0.717, 1.165) is 16.7 Å². The Kier molecular flexibility index (Phi) is 5.20. The highest BCUT2D eigenvalue weighted by atomic mass is 19.4. The molecular formula is C26H18F3N3O2. The molecule has 0 atom stereocenters. The molecule has 0 unspecified atom stereocenters. The number of fused-ring (bicyclic) bond motifs is 1. The molecule has 0 saturated heterocycles. The van der Waals surface area contributed by atoms with Gasteiger partial charge in [0.05, 0.1) is 5.52 Å². The molecule has 34 heavy (non-hydrogen) atoms. The maximum absolute atomic E-state index is 13.3. The molecule has 0 aliphatic heterocycles. The van der Waals surface area contributed by atoms with Crippen LogP contribution in [0.15, 0.2) is 108 Å². The summed E-state index contributed by atoms with van der Waals surface area (Å²) >= 11 is 0. The second-order valence-electron chi connectivity index (χ2n) is 7.66. The fraction of sp³-hybridized carbons (Fsp3) is 0.0769. The first kappa shape index (κ1) is 21.5. The van der Waals surface area contributed by atoms with Crippen molar-refractivity contribution in [3.05, 3.63) is 130 Å². The van der Waals surface area contributed by atoms with Crippen LogP contribution in [0.25, 0.3) is 11.0 Å². The maximum Gasteiger partial charge on any atom is 0.574 e. The van der Waals surface area contributed by atoms with Crippen molar-refractivity contribution in [2.45, 2.75) is 11.9 Å². The molecule has 5 nitrogen and oxygen atoms in total. The summed E-state index contributed by atoms with van der Waals surface area (Å²) in [6.45, 7) is 0. The van der Waals surface area contributed by atoms with E-state index in [0.29, 0.717) is 0 Å². The van der Waals surface area contributed by atoms with Gasteiger partial charge in [0.2, 0.25) is 5.56 Å². The van der Waals surface area contributed by atoms with E-state index in [9.17, 15) is 18.0 Å². The van der Waals surface area contributed by atoms with Crippen LogP contribution in [0.5, 0.6) is 5.88 Å². The summed E-state index contributed by atoms with van der Waals surface area (Å²) in [6, 6.07) is 30.8. The van der Waals surface area contributed by atoms with Gasteiger partial charge in [0.1, 0.15) is 11.1 Å². The molecule has 0 fully saturated rings. The number of aromatic amines is 1. The number of hydrogen-bond acceptors (Lipinski definition) is 3. The fourth-order valence-corrected chi connectivity index (χ4v) is 4.34. The number of nitrogens with one attached hydrogen (secondary N) is 1. The van der Waals surface area contributed by atoms with E-state index in [1.54, 1.807) is 0 Å². The SMILES string of the molecule is O=c1ccc2c([nH]1)c(OC(F)(F)F)nn2C(c1ccccc1)(c1ccccc1)c1ccccc1. The lowest BCUT2D eigenvalue weighted by atomic mass is 9.77. The summed E-state index contributed by atoms with van der Waals surface area (Å²) in [4.78, 5) is 14.5. The number of pyridine rings is 1. The monoisotopic (exact) mass is 461 g/mol. The van der Waals surface area contributed by atoms with E-state index in [1.165, 1.54) is 16.8 Å². The first-order valence-corrected chi connectivity index (χ1v) is 10.4. The van der Waals surface area contributed by atoms with E-state index in [4.69, 9.17) is 0 Å². The average molecular weight is 461 g/mol. The smallest absolute Gasteiger partial charge is 0.384 e. The Hall–Kier alpha value is -4.33. The molecule has 5 aromatic rings. The van der Waals surface area contributed by atoms with E-state index in [1.807, 2.05) is 91.0 Å². The fourth-order valence-electron chi connectivity index (χ4n) is 4.34. The van der Waals surface area contributed by atoms with E-state index < -0.39 is 23.3 Å². The molecule has 2 heterocycles. The van der Waals surface area contributed by atoms with Gasteiger partial charge in [-0.2, -0.15) is 0 Å². The van der Waals surface area contributed by atoms with Crippen molar-refractivity contribution in [3.63, 3.8) is 0 Å². The third-order valence-corrected chi connectivity index (χ3v) is 5.63. The Labute approximate surface area is 192 Å². The molecule has 0 aliphatic carbocycles. The molecule has 0 bridgehead atoms. The van der Waals surface area contributed by atoms with E-state index in [2.05, 4.69) is 14.8 Å². The summed E-state index contributed by atoms with van der Waals surface area (Å²) in [7, 11) is 0.